The number of fused-ring (bicyclic) bond motifs is 1. The number of quaternary nitrogens is 1. The van der Waals surface area contributed by atoms with E-state index in [4.69, 9.17) is 0 Å². The summed E-state index contributed by atoms with van der Waals surface area (Å²) in [6.45, 7) is 2.10. The van der Waals surface area contributed by atoms with E-state index in [0.29, 0.717) is 0 Å². The summed E-state index contributed by atoms with van der Waals surface area (Å²) in [7, 11) is 4.38. The number of rotatable bonds is 0. The smallest absolute Gasteiger partial charge is 0.123 e. The van der Waals surface area contributed by atoms with E-state index in [0.717, 1.165) is 24.0 Å². The van der Waals surface area contributed by atoms with Crippen LogP contribution in [0.25, 0.3) is 0 Å². The van der Waals surface area contributed by atoms with Crippen molar-refractivity contribution in [2.45, 2.75) is 13.0 Å². The van der Waals surface area contributed by atoms with Crippen LogP contribution in [0.5, 0.6) is 0 Å². The Kier molecular flexibility index (Phi) is 1.88. The summed E-state index contributed by atoms with van der Waals surface area (Å²) in [6.07, 6.45) is 1.07. The lowest BCUT2D eigenvalue weighted by Gasteiger charge is -2.34. The molecule has 0 amide bonds. The van der Waals surface area contributed by atoms with E-state index in [1.54, 1.807) is 12.1 Å². The summed E-state index contributed by atoms with van der Waals surface area (Å²) >= 11 is 0. The van der Waals surface area contributed by atoms with E-state index in [1.165, 1.54) is 11.1 Å². The molecule has 1 nitrogen and oxygen atoms in total. The summed E-state index contributed by atoms with van der Waals surface area (Å²) in [5, 5.41) is 0. The molecule has 0 unspecified atom stereocenters. The first kappa shape index (κ1) is 8.70. The van der Waals surface area contributed by atoms with Crippen LogP contribution < -0.4 is 0 Å². The minimum absolute atomic E-state index is 0.111. The lowest BCUT2D eigenvalue weighted by Crippen LogP contribution is -2.43. The third kappa shape index (κ3) is 1.73. The van der Waals surface area contributed by atoms with Crippen LogP contribution in [-0.2, 0) is 13.0 Å². The van der Waals surface area contributed by atoms with Crippen molar-refractivity contribution in [3.63, 3.8) is 0 Å². The average Bonchev–Trinajstić information content (AvgIpc) is 2.01. The molecule has 0 fully saturated rings. The van der Waals surface area contributed by atoms with Crippen molar-refractivity contribution < 1.29 is 8.87 Å². The van der Waals surface area contributed by atoms with E-state index in [1.807, 2.05) is 6.07 Å². The van der Waals surface area contributed by atoms with E-state index in [2.05, 4.69) is 14.1 Å². The Bertz CT molecular complexity index is 331. The average molecular weight is 180 g/mol. The van der Waals surface area contributed by atoms with Gasteiger partial charge in [-0.15, -0.1) is 0 Å². The van der Waals surface area contributed by atoms with E-state index in [-0.39, 0.29) is 5.82 Å². The van der Waals surface area contributed by atoms with Gasteiger partial charge in [0.2, 0.25) is 0 Å². The summed E-state index contributed by atoms with van der Waals surface area (Å²) in [5.41, 5.74) is 2.50. The highest BCUT2D eigenvalue weighted by atomic mass is 19.1. The second kappa shape index (κ2) is 2.81. The standard InChI is InChI=1S/C11H15FN/c1-13(2)6-5-9-3-4-11(12)7-10(9)8-13/h3-4,7H,5-6,8H2,1-2H3/q+1. The van der Waals surface area contributed by atoms with Crippen LogP contribution in [0.2, 0.25) is 0 Å². The summed E-state index contributed by atoms with van der Waals surface area (Å²) in [6, 6.07) is 5.16. The van der Waals surface area contributed by atoms with Crippen molar-refractivity contribution >= 4 is 0 Å². The molecule has 2 heteroatoms. The first-order chi connectivity index (χ1) is 6.07. The van der Waals surface area contributed by atoms with Crippen molar-refractivity contribution in [3.8, 4) is 0 Å². The van der Waals surface area contributed by atoms with Crippen molar-refractivity contribution in [3.05, 3.63) is 35.1 Å². The molecule has 0 saturated heterocycles. The summed E-state index contributed by atoms with van der Waals surface area (Å²) in [4.78, 5) is 0. The maximum absolute atomic E-state index is 12.9. The van der Waals surface area contributed by atoms with Crippen LogP contribution in [0, 0.1) is 5.82 Å². The van der Waals surface area contributed by atoms with Crippen LogP contribution in [-0.4, -0.2) is 25.1 Å². The molecule has 1 aromatic carbocycles. The molecule has 0 bridgehead atoms. The zero-order valence-electron chi connectivity index (χ0n) is 8.18. The van der Waals surface area contributed by atoms with Crippen LogP contribution in [0.1, 0.15) is 11.1 Å². The second-order valence-corrected chi connectivity index (χ2v) is 4.48. The molecule has 2 rings (SSSR count). The first-order valence-corrected chi connectivity index (χ1v) is 4.66. The van der Waals surface area contributed by atoms with Crippen LogP contribution in [0.4, 0.5) is 4.39 Å². The number of hydrogen-bond acceptors (Lipinski definition) is 0. The normalized spacial score (nSPS) is 19.6. The SMILES string of the molecule is C[N+]1(C)CCc2ccc(F)cc2C1. The molecule has 1 aromatic rings. The van der Waals surface area contributed by atoms with E-state index in [9.17, 15) is 4.39 Å². The molecular formula is C11H15FN+. The third-order valence-electron chi connectivity index (χ3n) is 2.75. The molecule has 1 aliphatic rings. The predicted octanol–water partition coefficient (Wildman–Crippen LogP) is 1.96. The van der Waals surface area contributed by atoms with Gasteiger partial charge in [0.15, 0.2) is 0 Å². The number of benzene rings is 1. The van der Waals surface area contributed by atoms with Crippen LogP contribution in [0.3, 0.4) is 0 Å². The van der Waals surface area contributed by atoms with Gasteiger partial charge in [-0.2, -0.15) is 0 Å². The van der Waals surface area contributed by atoms with Gasteiger partial charge in [0.25, 0.3) is 0 Å². The molecule has 0 radical (unpaired) electrons. The highest BCUT2D eigenvalue weighted by molar-refractivity contribution is 5.28. The van der Waals surface area contributed by atoms with Crippen molar-refractivity contribution in [1.29, 1.82) is 0 Å². The second-order valence-electron chi connectivity index (χ2n) is 4.48. The lowest BCUT2D eigenvalue weighted by molar-refractivity contribution is -0.905. The summed E-state index contributed by atoms with van der Waals surface area (Å²) < 4.78 is 13.9. The maximum atomic E-state index is 12.9. The Labute approximate surface area is 78.4 Å². The number of likely N-dealkylation sites (N-methyl/N-ethyl adjacent to an activating group) is 1. The van der Waals surface area contributed by atoms with Crippen LogP contribution in [0.15, 0.2) is 18.2 Å². The van der Waals surface area contributed by atoms with E-state index >= 15 is 0 Å². The molecular weight excluding hydrogens is 165 g/mol. The Balaban J connectivity index is 2.38. The topological polar surface area (TPSA) is 0 Å². The van der Waals surface area contributed by atoms with Gasteiger partial charge >= 0.3 is 0 Å². The fraction of sp³-hybridized carbons (Fsp3) is 0.455. The lowest BCUT2D eigenvalue weighted by atomic mass is 9.99. The van der Waals surface area contributed by atoms with Gasteiger partial charge in [-0.3, -0.25) is 0 Å². The van der Waals surface area contributed by atoms with Gasteiger partial charge in [0, 0.05) is 12.0 Å². The third-order valence-corrected chi connectivity index (χ3v) is 2.75. The quantitative estimate of drug-likeness (QED) is 0.535. The molecule has 13 heavy (non-hydrogen) atoms. The number of hydrogen-bond donors (Lipinski definition) is 0. The largest absolute Gasteiger partial charge is 0.324 e. The zero-order chi connectivity index (χ0) is 9.47. The van der Waals surface area contributed by atoms with E-state index < -0.39 is 0 Å². The molecule has 0 atom stereocenters. The predicted molar refractivity (Wildman–Crippen MR) is 50.8 cm³/mol. The molecule has 0 spiro atoms. The van der Waals surface area contributed by atoms with Gasteiger partial charge in [-0.25, -0.2) is 4.39 Å². The molecule has 0 aromatic heterocycles. The Morgan fingerprint density at radius 2 is 2.00 bits per heavy atom. The molecule has 1 aliphatic heterocycles. The van der Waals surface area contributed by atoms with Crippen LogP contribution >= 0.6 is 0 Å². The minimum Gasteiger partial charge on any atom is -0.324 e. The fourth-order valence-electron chi connectivity index (χ4n) is 1.95. The highest BCUT2D eigenvalue weighted by Crippen LogP contribution is 2.22. The molecule has 0 N–H and O–H groups in total. The van der Waals surface area contributed by atoms with Gasteiger partial charge in [0.1, 0.15) is 12.4 Å². The first-order valence-electron chi connectivity index (χ1n) is 4.66. The zero-order valence-corrected chi connectivity index (χ0v) is 8.18. The summed E-state index contributed by atoms with van der Waals surface area (Å²) in [5.74, 6) is -0.111. The maximum Gasteiger partial charge on any atom is 0.123 e. The Morgan fingerprint density at radius 1 is 1.23 bits per heavy atom. The minimum atomic E-state index is -0.111. The fourth-order valence-corrected chi connectivity index (χ4v) is 1.95. The molecule has 70 valence electrons. The van der Waals surface area contributed by atoms with Crippen molar-refractivity contribution in [2.24, 2.45) is 0 Å². The van der Waals surface area contributed by atoms with Gasteiger partial charge < -0.3 is 4.48 Å². The molecule has 1 heterocycles. The number of nitrogens with zero attached hydrogens (tertiary/aromatic N) is 1. The van der Waals surface area contributed by atoms with Crippen molar-refractivity contribution in [2.75, 3.05) is 20.6 Å². The van der Waals surface area contributed by atoms with Gasteiger partial charge in [-0.05, 0) is 17.7 Å². The molecule has 0 saturated carbocycles. The number of halogens is 1. The Morgan fingerprint density at radius 3 is 2.77 bits per heavy atom. The van der Waals surface area contributed by atoms with Gasteiger partial charge in [-0.1, -0.05) is 6.07 Å². The Hall–Kier alpha value is -0.890. The molecule has 0 aliphatic carbocycles. The van der Waals surface area contributed by atoms with Crippen molar-refractivity contribution in [1.82, 2.24) is 0 Å². The highest BCUT2D eigenvalue weighted by Gasteiger charge is 2.23. The van der Waals surface area contributed by atoms with Gasteiger partial charge in [0.05, 0.1) is 20.6 Å². The monoisotopic (exact) mass is 180 g/mol.